The molecule has 0 aliphatic carbocycles. The Bertz CT molecular complexity index is 720. The smallest absolute Gasteiger partial charge is 0.236 e. The topological polar surface area (TPSA) is 72.7 Å². The molecule has 9 heteroatoms. The third-order valence-corrected chi connectivity index (χ3v) is 5.16. The Morgan fingerprint density at radius 3 is 3.00 bits per heavy atom. The molecule has 3 rings (SSSR count). The molecular formula is C12H11N5OS3. The van der Waals surface area contributed by atoms with Crippen molar-refractivity contribution in [2.45, 2.75) is 5.16 Å². The molecule has 108 valence electrons. The lowest BCUT2D eigenvalue weighted by Crippen LogP contribution is -2.14. The van der Waals surface area contributed by atoms with E-state index in [4.69, 9.17) is 0 Å². The lowest BCUT2D eigenvalue weighted by atomic mass is 10.4. The Kier molecular flexibility index (Phi) is 4.32. The molecule has 0 radical (unpaired) electrons. The van der Waals surface area contributed by atoms with Crippen LogP contribution < -0.4 is 5.32 Å². The second-order valence-electron chi connectivity index (χ2n) is 4.02. The van der Waals surface area contributed by atoms with Crippen molar-refractivity contribution in [1.82, 2.24) is 19.7 Å². The van der Waals surface area contributed by atoms with Gasteiger partial charge in [-0.2, -0.15) is 0 Å². The Morgan fingerprint density at radius 1 is 1.38 bits per heavy atom. The zero-order valence-corrected chi connectivity index (χ0v) is 13.5. The SMILES string of the molecule is Cn1c(SCC(=O)Nc2nccs2)nnc1-c1cccs1. The summed E-state index contributed by atoms with van der Waals surface area (Å²) in [6, 6.07) is 3.97. The molecule has 0 aliphatic heterocycles. The van der Waals surface area contributed by atoms with Gasteiger partial charge in [0.05, 0.1) is 10.6 Å². The van der Waals surface area contributed by atoms with Gasteiger partial charge in [0.2, 0.25) is 5.91 Å². The fourth-order valence-corrected chi connectivity index (χ4v) is 3.63. The van der Waals surface area contributed by atoms with Gasteiger partial charge in [0.15, 0.2) is 16.1 Å². The van der Waals surface area contributed by atoms with Crippen molar-refractivity contribution in [1.29, 1.82) is 0 Å². The maximum Gasteiger partial charge on any atom is 0.236 e. The molecule has 3 aromatic heterocycles. The van der Waals surface area contributed by atoms with E-state index < -0.39 is 0 Å². The molecule has 6 nitrogen and oxygen atoms in total. The van der Waals surface area contributed by atoms with Gasteiger partial charge < -0.3 is 9.88 Å². The molecule has 1 amide bonds. The van der Waals surface area contributed by atoms with Crippen LogP contribution in [0.3, 0.4) is 0 Å². The van der Waals surface area contributed by atoms with E-state index in [1.54, 1.807) is 17.5 Å². The van der Waals surface area contributed by atoms with E-state index in [1.807, 2.05) is 34.5 Å². The Hall–Kier alpha value is -1.71. The predicted octanol–water partition coefficient (Wildman–Crippen LogP) is 2.73. The fraction of sp³-hybridized carbons (Fsp3) is 0.167. The molecule has 0 fully saturated rings. The molecule has 0 spiro atoms. The van der Waals surface area contributed by atoms with Gasteiger partial charge in [-0.05, 0) is 11.4 Å². The average Bonchev–Trinajstić information content (AvgIpc) is 3.18. The molecule has 0 bridgehead atoms. The summed E-state index contributed by atoms with van der Waals surface area (Å²) >= 11 is 4.36. The van der Waals surface area contributed by atoms with E-state index >= 15 is 0 Å². The van der Waals surface area contributed by atoms with Crippen molar-refractivity contribution < 1.29 is 4.79 Å². The van der Waals surface area contributed by atoms with Gasteiger partial charge in [-0.3, -0.25) is 4.79 Å². The first kappa shape index (κ1) is 14.2. The Balaban J connectivity index is 1.62. The minimum Gasteiger partial charge on any atom is -0.304 e. The zero-order valence-electron chi connectivity index (χ0n) is 11.0. The molecule has 0 saturated heterocycles. The molecule has 1 N–H and O–H groups in total. The second kappa shape index (κ2) is 6.37. The third-order valence-electron chi connectivity index (χ3n) is 2.59. The lowest BCUT2D eigenvalue weighted by Gasteiger charge is -2.02. The minimum absolute atomic E-state index is 0.101. The van der Waals surface area contributed by atoms with Crippen molar-refractivity contribution in [3.05, 3.63) is 29.1 Å². The maximum absolute atomic E-state index is 11.8. The van der Waals surface area contributed by atoms with Crippen LogP contribution in [0.5, 0.6) is 0 Å². The predicted molar refractivity (Wildman–Crippen MR) is 85.8 cm³/mol. The first-order valence-electron chi connectivity index (χ1n) is 5.99. The zero-order chi connectivity index (χ0) is 14.7. The van der Waals surface area contributed by atoms with Gasteiger partial charge >= 0.3 is 0 Å². The first-order chi connectivity index (χ1) is 10.2. The van der Waals surface area contributed by atoms with E-state index in [-0.39, 0.29) is 11.7 Å². The number of aromatic nitrogens is 4. The highest BCUT2D eigenvalue weighted by Gasteiger charge is 2.13. The van der Waals surface area contributed by atoms with E-state index in [9.17, 15) is 4.79 Å². The third kappa shape index (κ3) is 3.31. The standard InChI is InChI=1S/C12H11N5OS3/c1-17-10(8-3-2-5-19-8)15-16-12(17)21-7-9(18)14-11-13-4-6-20-11/h2-6H,7H2,1H3,(H,13,14,18). The summed E-state index contributed by atoms with van der Waals surface area (Å²) in [7, 11) is 1.90. The van der Waals surface area contributed by atoms with E-state index in [2.05, 4.69) is 20.5 Å². The summed E-state index contributed by atoms with van der Waals surface area (Å²) in [5, 5.41) is 16.2. The van der Waals surface area contributed by atoms with Crippen molar-refractivity contribution in [2.24, 2.45) is 7.05 Å². The van der Waals surface area contributed by atoms with Crippen LogP contribution >= 0.6 is 34.4 Å². The number of hydrogen-bond donors (Lipinski definition) is 1. The highest BCUT2D eigenvalue weighted by atomic mass is 32.2. The quantitative estimate of drug-likeness (QED) is 0.725. The average molecular weight is 337 g/mol. The van der Waals surface area contributed by atoms with Gasteiger partial charge in [0.1, 0.15) is 0 Å². The molecular weight excluding hydrogens is 326 g/mol. The number of hydrogen-bond acceptors (Lipinski definition) is 7. The monoisotopic (exact) mass is 337 g/mol. The summed E-state index contributed by atoms with van der Waals surface area (Å²) in [5.41, 5.74) is 0. The van der Waals surface area contributed by atoms with E-state index in [0.29, 0.717) is 10.3 Å². The van der Waals surface area contributed by atoms with Crippen LogP contribution in [0.2, 0.25) is 0 Å². The van der Waals surface area contributed by atoms with E-state index in [1.165, 1.54) is 23.1 Å². The van der Waals surface area contributed by atoms with Crippen LogP contribution in [0.1, 0.15) is 0 Å². The summed E-state index contributed by atoms with van der Waals surface area (Å²) < 4.78 is 1.90. The highest BCUT2D eigenvalue weighted by molar-refractivity contribution is 7.99. The van der Waals surface area contributed by atoms with Gasteiger partial charge in [0.25, 0.3) is 0 Å². The maximum atomic E-state index is 11.8. The van der Waals surface area contributed by atoms with Crippen molar-refractivity contribution >= 4 is 45.5 Å². The number of thiazole rings is 1. The lowest BCUT2D eigenvalue weighted by molar-refractivity contribution is -0.113. The van der Waals surface area contributed by atoms with Crippen LogP contribution in [-0.2, 0) is 11.8 Å². The molecule has 3 aromatic rings. The van der Waals surface area contributed by atoms with E-state index in [0.717, 1.165) is 10.7 Å². The minimum atomic E-state index is -0.101. The number of nitrogens with zero attached hydrogens (tertiary/aromatic N) is 4. The van der Waals surface area contributed by atoms with Gasteiger partial charge in [-0.25, -0.2) is 4.98 Å². The van der Waals surface area contributed by atoms with Crippen molar-refractivity contribution in [2.75, 3.05) is 11.1 Å². The summed E-state index contributed by atoms with van der Waals surface area (Å²) in [6.07, 6.45) is 1.66. The van der Waals surface area contributed by atoms with Gasteiger partial charge in [0, 0.05) is 18.6 Å². The van der Waals surface area contributed by atoms with Crippen LogP contribution in [0.4, 0.5) is 5.13 Å². The van der Waals surface area contributed by atoms with Crippen LogP contribution in [0, 0.1) is 0 Å². The van der Waals surface area contributed by atoms with Crippen LogP contribution in [0.15, 0.2) is 34.2 Å². The van der Waals surface area contributed by atoms with Crippen molar-refractivity contribution in [3.63, 3.8) is 0 Å². The molecule has 0 atom stereocenters. The Labute approximate surface area is 133 Å². The summed E-state index contributed by atoms with van der Waals surface area (Å²) in [5.74, 6) is 0.985. The number of carbonyl (C=O) groups is 1. The molecule has 0 saturated carbocycles. The number of rotatable bonds is 5. The van der Waals surface area contributed by atoms with Crippen molar-refractivity contribution in [3.8, 4) is 10.7 Å². The molecule has 3 heterocycles. The number of carbonyl (C=O) groups excluding carboxylic acids is 1. The Morgan fingerprint density at radius 2 is 2.29 bits per heavy atom. The number of anilines is 1. The molecule has 0 unspecified atom stereocenters. The summed E-state index contributed by atoms with van der Waals surface area (Å²) in [4.78, 5) is 16.9. The van der Waals surface area contributed by atoms with Crippen LogP contribution in [-0.4, -0.2) is 31.4 Å². The molecule has 21 heavy (non-hydrogen) atoms. The highest BCUT2D eigenvalue weighted by Crippen LogP contribution is 2.26. The van der Waals surface area contributed by atoms with Crippen LogP contribution in [0.25, 0.3) is 10.7 Å². The number of nitrogens with one attached hydrogen (secondary N) is 1. The molecule has 0 aliphatic rings. The number of amides is 1. The first-order valence-corrected chi connectivity index (χ1v) is 8.74. The number of thiophene rings is 1. The molecule has 0 aromatic carbocycles. The second-order valence-corrected chi connectivity index (χ2v) is 6.80. The number of thioether (sulfide) groups is 1. The largest absolute Gasteiger partial charge is 0.304 e. The van der Waals surface area contributed by atoms with Gasteiger partial charge in [-0.1, -0.05) is 17.8 Å². The fourth-order valence-electron chi connectivity index (χ4n) is 1.63. The normalized spacial score (nSPS) is 10.7. The summed E-state index contributed by atoms with van der Waals surface area (Å²) in [6.45, 7) is 0. The van der Waals surface area contributed by atoms with Gasteiger partial charge in [-0.15, -0.1) is 32.9 Å².